The predicted octanol–water partition coefficient (Wildman–Crippen LogP) is 5.29. The van der Waals surface area contributed by atoms with E-state index < -0.39 is 11.6 Å². The normalized spacial score (nSPS) is 13.9. The van der Waals surface area contributed by atoms with Gasteiger partial charge < -0.3 is 20.3 Å². The first kappa shape index (κ1) is 22.3. The molecule has 0 unspecified atom stereocenters. The third-order valence-electron chi connectivity index (χ3n) is 5.34. The molecule has 0 radical (unpaired) electrons. The Morgan fingerprint density at radius 1 is 0.848 bits per heavy atom. The van der Waals surface area contributed by atoms with Crippen LogP contribution in [0, 0.1) is 11.6 Å². The lowest BCUT2D eigenvalue weighted by Crippen LogP contribution is -2.41. The van der Waals surface area contributed by atoms with Gasteiger partial charge in [-0.15, -0.1) is 0 Å². The van der Waals surface area contributed by atoms with Crippen LogP contribution in [0.1, 0.15) is 23.2 Å². The fraction of sp³-hybridized carbons (Fsp3) is 0.200. The number of para-hydroxylation sites is 1. The first-order valence-corrected chi connectivity index (χ1v) is 10.6. The minimum Gasteiger partial charge on any atom is -0.487 e. The van der Waals surface area contributed by atoms with Gasteiger partial charge in [-0.2, -0.15) is 0 Å². The first-order valence-electron chi connectivity index (χ1n) is 10.6. The monoisotopic (exact) mass is 451 g/mol. The van der Waals surface area contributed by atoms with Gasteiger partial charge in [-0.3, -0.25) is 4.79 Å². The number of carbonyl (C=O) groups excluding carboxylic acids is 2. The highest BCUT2D eigenvalue weighted by Crippen LogP contribution is 2.24. The second-order valence-corrected chi connectivity index (χ2v) is 7.71. The van der Waals surface area contributed by atoms with Crippen LogP contribution in [-0.4, -0.2) is 36.0 Å². The summed E-state index contributed by atoms with van der Waals surface area (Å²) in [5.74, 6) is -1.50. The molecule has 0 atom stereocenters. The zero-order valence-electron chi connectivity index (χ0n) is 17.8. The van der Waals surface area contributed by atoms with Crippen LogP contribution >= 0.6 is 0 Å². The van der Waals surface area contributed by atoms with Gasteiger partial charge in [-0.1, -0.05) is 18.2 Å². The number of anilines is 2. The van der Waals surface area contributed by atoms with Crippen LogP contribution < -0.4 is 15.4 Å². The van der Waals surface area contributed by atoms with Crippen LogP contribution in [-0.2, 0) is 0 Å². The van der Waals surface area contributed by atoms with Crippen molar-refractivity contribution in [2.24, 2.45) is 0 Å². The molecule has 3 amide bonds. The Morgan fingerprint density at radius 2 is 1.48 bits per heavy atom. The van der Waals surface area contributed by atoms with Crippen molar-refractivity contribution < 1.29 is 23.1 Å². The summed E-state index contributed by atoms with van der Waals surface area (Å²) in [5.41, 5.74) is 1.75. The molecule has 0 saturated carbocycles. The van der Waals surface area contributed by atoms with Crippen molar-refractivity contribution in [3.8, 4) is 5.75 Å². The summed E-state index contributed by atoms with van der Waals surface area (Å²) >= 11 is 0. The molecular formula is C25H23F2N3O3. The van der Waals surface area contributed by atoms with Gasteiger partial charge in [0.1, 0.15) is 11.9 Å². The Labute approximate surface area is 190 Å². The molecule has 0 bridgehead atoms. The number of carbonyl (C=O) groups is 2. The van der Waals surface area contributed by atoms with Crippen LogP contribution in [0.5, 0.6) is 5.75 Å². The van der Waals surface area contributed by atoms with Crippen LogP contribution in [0.15, 0.2) is 72.8 Å². The van der Waals surface area contributed by atoms with Crippen molar-refractivity contribution >= 4 is 23.3 Å². The quantitative estimate of drug-likeness (QED) is 0.554. The Hall–Kier alpha value is -3.94. The van der Waals surface area contributed by atoms with E-state index in [4.69, 9.17) is 4.74 Å². The first-order chi connectivity index (χ1) is 16.0. The van der Waals surface area contributed by atoms with Crippen LogP contribution in [0.3, 0.4) is 0 Å². The fourth-order valence-electron chi connectivity index (χ4n) is 3.62. The smallest absolute Gasteiger partial charge is 0.323 e. The van der Waals surface area contributed by atoms with E-state index >= 15 is 0 Å². The summed E-state index contributed by atoms with van der Waals surface area (Å²) in [4.78, 5) is 26.6. The number of hydrogen-bond acceptors (Lipinski definition) is 3. The van der Waals surface area contributed by atoms with E-state index in [2.05, 4.69) is 10.6 Å². The minimum atomic E-state index is -0.736. The molecule has 33 heavy (non-hydrogen) atoms. The average Bonchev–Trinajstić information content (AvgIpc) is 2.82. The average molecular weight is 451 g/mol. The van der Waals surface area contributed by atoms with Gasteiger partial charge in [-0.25, -0.2) is 13.6 Å². The third kappa shape index (κ3) is 5.85. The molecule has 1 saturated heterocycles. The number of piperidine rings is 1. The highest BCUT2D eigenvalue weighted by atomic mass is 19.1. The van der Waals surface area contributed by atoms with E-state index in [9.17, 15) is 18.4 Å². The molecule has 0 spiro atoms. The molecule has 170 valence electrons. The Balaban J connectivity index is 1.27. The van der Waals surface area contributed by atoms with Gasteiger partial charge in [-0.05, 0) is 48.5 Å². The summed E-state index contributed by atoms with van der Waals surface area (Å²) in [6, 6.07) is 18.6. The highest BCUT2D eigenvalue weighted by molar-refractivity contribution is 6.00. The molecule has 1 fully saturated rings. The minimum absolute atomic E-state index is 0.0144. The van der Waals surface area contributed by atoms with Crippen molar-refractivity contribution in [1.29, 1.82) is 0 Å². The molecule has 3 aromatic rings. The van der Waals surface area contributed by atoms with E-state index in [1.165, 1.54) is 6.07 Å². The van der Waals surface area contributed by atoms with Gasteiger partial charge in [0.25, 0.3) is 5.91 Å². The summed E-state index contributed by atoms with van der Waals surface area (Å²) in [6.07, 6.45) is 0.840. The third-order valence-corrected chi connectivity index (χ3v) is 5.34. The van der Waals surface area contributed by atoms with E-state index in [1.807, 2.05) is 18.2 Å². The summed E-state index contributed by atoms with van der Waals surface area (Å²) in [7, 11) is 0. The number of halogens is 2. The Bertz CT molecular complexity index is 1120. The van der Waals surface area contributed by atoms with Gasteiger partial charge >= 0.3 is 6.03 Å². The van der Waals surface area contributed by atoms with E-state index in [-0.39, 0.29) is 23.8 Å². The summed E-state index contributed by atoms with van der Waals surface area (Å²) in [5, 5.41) is 5.46. The van der Waals surface area contributed by atoms with Gasteiger partial charge in [0.2, 0.25) is 0 Å². The van der Waals surface area contributed by atoms with E-state index in [0.717, 1.165) is 12.1 Å². The number of amides is 3. The zero-order chi connectivity index (χ0) is 23.2. The number of rotatable bonds is 5. The van der Waals surface area contributed by atoms with Crippen LogP contribution in [0.2, 0.25) is 0 Å². The van der Waals surface area contributed by atoms with Gasteiger partial charge in [0, 0.05) is 48.9 Å². The Morgan fingerprint density at radius 3 is 2.12 bits per heavy atom. The lowest BCUT2D eigenvalue weighted by atomic mass is 10.1. The molecule has 2 N–H and O–H groups in total. The van der Waals surface area contributed by atoms with Crippen LogP contribution in [0.25, 0.3) is 0 Å². The van der Waals surface area contributed by atoms with Crippen molar-refractivity contribution in [3.63, 3.8) is 0 Å². The largest absolute Gasteiger partial charge is 0.487 e. The number of likely N-dealkylation sites (tertiary alicyclic amines) is 1. The molecule has 3 aromatic carbocycles. The summed E-state index contributed by atoms with van der Waals surface area (Å²) < 4.78 is 32.5. The van der Waals surface area contributed by atoms with E-state index in [1.54, 1.807) is 41.3 Å². The lowest BCUT2D eigenvalue weighted by Gasteiger charge is -2.32. The number of hydrogen-bond donors (Lipinski definition) is 2. The number of benzene rings is 3. The number of nitrogens with zero attached hydrogens (tertiary/aromatic N) is 1. The maximum atomic E-state index is 13.8. The molecule has 4 rings (SSSR count). The maximum absolute atomic E-state index is 13.8. The van der Waals surface area contributed by atoms with Gasteiger partial charge in [0.15, 0.2) is 11.6 Å². The van der Waals surface area contributed by atoms with Crippen molar-refractivity contribution in [2.75, 3.05) is 23.7 Å². The summed E-state index contributed by atoms with van der Waals surface area (Å²) in [6.45, 7) is 0.928. The maximum Gasteiger partial charge on any atom is 0.323 e. The molecular weight excluding hydrogens is 428 g/mol. The van der Waals surface area contributed by atoms with Gasteiger partial charge in [0.05, 0.1) is 0 Å². The molecule has 8 heteroatoms. The fourth-order valence-corrected chi connectivity index (χ4v) is 3.62. The van der Waals surface area contributed by atoms with Crippen molar-refractivity contribution in [3.05, 3.63) is 90.0 Å². The topological polar surface area (TPSA) is 70.7 Å². The molecule has 6 nitrogen and oxygen atoms in total. The molecule has 1 heterocycles. The number of nitrogens with one attached hydrogen (secondary N) is 2. The van der Waals surface area contributed by atoms with Crippen molar-refractivity contribution in [1.82, 2.24) is 4.90 Å². The second kappa shape index (κ2) is 10.1. The van der Waals surface area contributed by atoms with Crippen molar-refractivity contribution in [2.45, 2.75) is 18.9 Å². The second-order valence-electron chi connectivity index (χ2n) is 7.71. The molecule has 1 aliphatic rings. The standard InChI is InChI=1S/C25H23F2N3O3/c26-18-8-11-23(22(27)16-18)33-21-12-14-30(15-13-21)24(31)17-6-9-20(10-7-17)29-25(32)28-19-4-2-1-3-5-19/h1-11,16,21H,12-15H2,(H2,28,29,32). The number of urea groups is 1. The molecule has 0 aliphatic carbocycles. The Kier molecular flexibility index (Phi) is 6.83. The number of ether oxygens (including phenoxy) is 1. The SMILES string of the molecule is O=C(Nc1ccccc1)Nc1ccc(C(=O)N2CCC(Oc3ccc(F)cc3F)CC2)cc1. The predicted molar refractivity (Wildman–Crippen MR) is 121 cm³/mol. The lowest BCUT2D eigenvalue weighted by molar-refractivity contribution is 0.0588. The van der Waals surface area contributed by atoms with E-state index in [0.29, 0.717) is 42.9 Å². The zero-order valence-corrected chi connectivity index (χ0v) is 17.8. The molecule has 1 aliphatic heterocycles. The van der Waals surface area contributed by atoms with Crippen LogP contribution in [0.4, 0.5) is 25.0 Å². The molecule has 0 aromatic heterocycles. The highest BCUT2D eigenvalue weighted by Gasteiger charge is 2.25.